The van der Waals surface area contributed by atoms with Gasteiger partial charge in [-0.15, -0.1) is 11.3 Å². The van der Waals surface area contributed by atoms with E-state index in [-0.39, 0.29) is 36.6 Å². The summed E-state index contributed by atoms with van der Waals surface area (Å²) in [6.07, 6.45) is 0.524. The van der Waals surface area contributed by atoms with Gasteiger partial charge in [0.1, 0.15) is 0 Å². The molecule has 2 atom stereocenters. The van der Waals surface area contributed by atoms with Crippen LogP contribution in [-0.4, -0.2) is 59.1 Å². The van der Waals surface area contributed by atoms with Gasteiger partial charge in [0.25, 0.3) is 0 Å². The largest absolute Gasteiger partial charge is 0.481 e. The first-order valence-corrected chi connectivity index (χ1v) is 9.54. The fourth-order valence-corrected chi connectivity index (χ4v) is 4.16. The van der Waals surface area contributed by atoms with Gasteiger partial charge >= 0.3 is 5.97 Å². The van der Waals surface area contributed by atoms with Crippen molar-refractivity contribution in [1.82, 2.24) is 9.88 Å². The molecule has 3 heterocycles. The van der Waals surface area contributed by atoms with Gasteiger partial charge in [0, 0.05) is 36.9 Å². The molecule has 0 aromatic carbocycles. The minimum absolute atomic E-state index is 0.0946. The average Bonchev–Trinajstić information content (AvgIpc) is 3.19. The maximum atomic E-state index is 12.6. The van der Waals surface area contributed by atoms with Crippen molar-refractivity contribution >= 4 is 34.3 Å². The van der Waals surface area contributed by atoms with Gasteiger partial charge in [-0.1, -0.05) is 13.8 Å². The zero-order valence-corrected chi connectivity index (χ0v) is 15.7. The molecule has 3 rings (SSSR count). The van der Waals surface area contributed by atoms with Crippen LogP contribution in [0.25, 0.3) is 0 Å². The second-order valence-corrected chi connectivity index (χ2v) is 8.08. The monoisotopic (exact) mass is 381 g/mol. The summed E-state index contributed by atoms with van der Waals surface area (Å²) in [6.45, 7) is 4.99. The summed E-state index contributed by atoms with van der Waals surface area (Å²) in [5, 5.41) is 14.6. The molecule has 2 fully saturated rings. The summed E-state index contributed by atoms with van der Waals surface area (Å²) >= 11 is 1.28. The number of likely N-dealkylation sites (tertiary alicyclic amines) is 1. The zero-order chi connectivity index (χ0) is 18.9. The number of carbonyl (C=O) groups is 3. The molecule has 2 amide bonds. The van der Waals surface area contributed by atoms with Crippen LogP contribution in [0.4, 0.5) is 5.13 Å². The van der Waals surface area contributed by atoms with E-state index in [9.17, 15) is 19.5 Å². The first-order valence-electron chi connectivity index (χ1n) is 8.66. The highest BCUT2D eigenvalue weighted by Gasteiger charge is 2.54. The van der Waals surface area contributed by atoms with Crippen LogP contribution in [0.15, 0.2) is 5.38 Å². The fourth-order valence-electron chi connectivity index (χ4n) is 3.45. The van der Waals surface area contributed by atoms with E-state index in [2.05, 4.69) is 10.3 Å². The van der Waals surface area contributed by atoms with E-state index in [1.807, 2.05) is 0 Å². The number of fused-ring (bicyclic) bond motifs is 1. The van der Waals surface area contributed by atoms with E-state index in [1.54, 1.807) is 24.1 Å². The number of carboxylic acids is 1. The van der Waals surface area contributed by atoms with E-state index >= 15 is 0 Å². The minimum atomic E-state index is -0.896. The molecular weight excluding hydrogens is 358 g/mol. The molecule has 1 aromatic rings. The lowest BCUT2D eigenvalue weighted by Crippen LogP contribution is -2.45. The third-order valence-electron chi connectivity index (χ3n) is 5.12. The van der Waals surface area contributed by atoms with Crippen molar-refractivity contribution in [2.45, 2.75) is 26.7 Å². The van der Waals surface area contributed by atoms with Crippen LogP contribution in [0.1, 0.15) is 26.0 Å². The number of carboxylic acid groups (broad SMARTS) is 1. The molecule has 0 saturated carbocycles. The molecule has 0 aliphatic carbocycles. The lowest BCUT2D eigenvalue weighted by atomic mass is 9.74. The quantitative estimate of drug-likeness (QED) is 0.794. The Morgan fingerprint density at radius 3 is 2.92 bits per heavy atom. The number of hydrogen-bond acceptors (Lipinski definition) is 6. The highest BCUT2D eigenvalue weighted by Crippen LogP contribution is 2.42. The summed E-state index contributed by atoms with van der Waals surface area (Å²) < 4.78 is 5.41. The molecule has 26 heavy (non-hydrogen) atoms. The first-order chi connectivity index (χ1) is 12.3. The third-order valence-corrected chi connectivity index (χ3v) is 5.93. The minimum Gasteiger partial charge on any atom is -0.481 e. The van der Waals surface area contributed by atoms with Gasteiger partial charge in [0.05, 0.1) is 24.1 Å². The topological polar surface area (TPSA) is 109 Å². The lowest BCUT2D eigenvalue weighted by molar-refractivity contribution is -0.157. The number of amides is 2. The van der Waals surface area contributed by atoms with Crippen molar-refractivity contribution in [3.05, 3.63) is 11.1 Å². The predicted octanol–water partition coefficient (Wildman–Crippen LogP) is 1.23. The van der Waals surface area contributed by atoms with Crippen molar-refractivity contribution in [1.29, 1.82) is 0 Å². The lowest BCUT2D eigenvalue weighted by Gasteiger charge is -2.33. The molecule has 0 radical (unpaired) electrons. The second kappa shape index (κ2) is 7.32. The molecule has 1 aromatic heterocycles. The van der Waals surface area contributed by atoms with Crippen molar-refractivity contribution in [2.75, 3.05) is 31.6 Å². The molecule has 2 N–H and O–H groups in total. The number of rotatable bonds is 5. The van der Waals surface area contributed by atoms with Gasteiger partial charge in [-0.2, -0.15) is 0 Å². The first kappa shape index (κ1) is 18.8. The average molecular weight is 381 g/mol. The van der Waals surface area contributed by atoms with Gasteiger partial charge in [-0.05, 0) is 6.42 Å². The Morgan fingerprint density at radius 2 is 2.27 bits per heavy atom. The standard InChI is InChI=1S/C17H23N3O5S/c1-10(2)14(22)19-16-18-12(8-26-16)5-13(21)20-6-11-7-25-4-3-17(11,9-20)15(23)24/h8,10-11H,3-7,9H2,1-2H3,(H,23,24)(H,18,19,22)/t11-,17+/m0/s1. The maximum absolute atomic E-state index is 12.6. The van der Waals surface area contributed by atoms with Crippen LogP contribution in [0.2, 0.25) is 0 Å². The van der Waals surface area contributed by atoms with Crippen LogP contribution >= 0.6 is 11.3 Å². The van der Waals surface area contributed by atoms with Crippen LogP contribution in [0, 0.1) is 17.3 Å². The van der Waals surface area contributed by atoms with Crippen LogP contribution in [-0.2, 0) is 25.5 Å². The Kier molecular flexibility index (Phi) is 5.29. The van der Waals surface area contributed by atoms with E-state index in [0.29, 0.717) is 37.0 Å². The molecule has 2 aliphatic rings. The number of nitrogens with zero attached hydrogens (tertiary/aromatic N) is 2. The molecule has 8 nitrogen and oxygen atoms in total. The molecule has 0 spiro atoms. The SMILES string of the molecule is CC(C)C(=O)Nc1nc(CC(=O)N2C[C@H]3COCC[C@@]3(C(=O)O)C2)cs1. The third kappa shape index (κ3) is 3.59. The summed E-state index contributed by atoms with van der Waals surface area (Å²) in [6, 6.07) is 0. The molecule has 9 heteroatoms. The normalized spacial score (nSPS) is 25.2. The Labute approximate surface area is 155 Å². The summed E-state index contributed by atoms with van der Waals surface area (Å²) in [4.78, 5) is 42.0. The van der Waals surface area contributed by atoms with Crippen molar-refractivity contribution in [3.8, 4) is 0 Å². The van der Waals surface area contributed by atoms with Crippen LogP contribution < -0.4 is 5.32 Å². The fraction of sp³-hybridized carbons (Fsp3) is 0.647. The van der Waals surface area contributed by atoms with E-state index in [0.717, 1.165) is 0 Å². The summed E-state index contributed by atoms with van der Waals surface area (Å²) in [7, 11) is 0. The molecule has 0 bridgehead atoms. The molecule has 142 valence electrons. The number of hydrogen-bond donors (Lipinski definition) is 2. The number of anilines is 1. The summed E-state index contributed by atoms with van der Waals surface area (Å²) in [5.74, 6) is -1.44. The Morgan fingerprint density at radius 1 is 1.50 bits per heavy atom. The molecule has 0 unspecified atom stereocenters. The van der Waals surface area contributed by atoms with Crippen molar-refractivity contribution in [2.24, 2.45) is 17.3 Å². The highest BCUT2D eigenvalue weighted by atomic mass is 32.1. The van der Waals surface area contributed by atoms with E-state index in [4.69, 9.17) is 4.74 Å². The molecule has 2 saturated heterocycles. The van der Waals surface area contributed by atoms with Crippen LogP contribution in [0.3, 0.4) is 0 Å². The van der Waals surface area contributed by atoms with Gasteiger partial charge in [0.2, 0.25) is 11.8 Å². The zero-order valence-electron chi connectivity index (χ0n) is 14.9. The number of aliphatic carboxylic acids is 1. The Balaban J connectivity index is 1.63. The Bertz CT molecular complexity index is 719. The van der Waals surface area contributed by atoms with Gasteiger partial charge in [-0.3, -0.25) is 14.4 Å². The number of nitrogens with one attached hydrogen (secondary N) is 1. The van der Waals surface area contributed by atoms with Crippen LogP contribution in [0.5, 0.6) is 0 Å². The number of aromatic nitrogens is 1. The summed E-state index contributed by atoms with van der Waals surface area (Å²) in [5.41, 5.74) is -0.318. The molecular formula is C17H23N3O5S. The molecule has 2 aliphatic heterocycles. The van der Waals surface area contributed by atoms with E-state index < -0.39 is 11.4 Å². The van der Waals surface area contributed by atoms with Gasteiger partial charge < -0.3 is 20.1 Å². The number of ether oxygens (including phenoxy) is 1. The van der Waals surface area contributed by atoms with E-state index in [1.165, 1.54) is 11.3 Å². The highest BCUT2D eigenvalue weighted by molar-refractivity contribution is 7.13. The van der Waals surface area contributed by atoms with Gasteiger partial charge in [-0.25, -0.2) is 4.98 Å². The number of thiazole rings is 1. The Hall–Kier alpha value is -2.00. The van der Waals surface area contributed by atoms with Crippen molar-refractivity contribution in [3.63, 3.8) is 0 Å². The predicted molar refractivity (Wildman–Crippen MR) is 94.9 cm³/mol. The van der Waals surface area contributed by atoms with Gasteiger partial charge in [0.15, 0.2) is 5.13 Å². The van der Waals surface area contributed by atoms with Crippen molar-refractivity contribution < 1.29 is 24.2 Å². The number of carbonyl (C=O) groups excluding carboxylic acids is 2. The smallest absolute Gasteiger partial charge is 0.311 e. The maximum Gasteiger partial charge on any atom is 0.311 e. The second-order valence-electron chi connectivity index (χ2n) is 7.22.